The van der Waals surface area contributed by atoms with Crippen LogP contribution in [0.4, 0.5) is 21.9 Å². The number of hydrogen-bond acceptors (Lipinski definition) is 7. The summed E-state index contributed by atoms with van der Waals surface area (Å²) in [5.41, 5.74) is 2.48. The Bertz CT molecular complexity index is 1620. The van der Waals surface area contributed by atoms with Crippen molar-refractivity contribution in [1.29, 1.82) is 0 Å². The first-order valence-electron chi connectivity index (χ1n) is 13.2. The first-order valence-corrected chi connectivity index (χ1v) is 14.0. The Kier molecular flexibility index (Phi) is 6.81. The molecule has 4 aromatic rings. The lowest BCUT2D eigenvalue weighted by molar-refractivity contribution is -0.121. The van der Waals surface area contributed by atoms with E-state index >= 15 is 0 Å². The quantitative estimate of drug-likeness (QED) is 0.270. The maximum Gasteiger partial charge on any atom is 0.331 e. The van der Waals surface area contributed by atoms with Crippen LogP contribution in [0.15, 0.2) is 54.9 Å². The predicted molar refractivity (Wildman–Crippen MR) is 154 cm³/mol. The summed E-state index contributed by atoms with van der Waals surface area (Å²) in [4.78, 5) is 50.1. The van der Waals surface area contributed by atoms with E-state index in [1.165, 1.54) is 11.3 Å². The van der Waals surface area contributed by atoms with Crippen LogP contribution in [0.25, 0.3) is 10.2 Å². The topological polar surface area (TPSA) is 126 Å². The summed E-state index contributed by atoms with van der Waals surface area (Å²) < 4.78 is 5.85. The van der Waals surface area contributed by atoms with Gasteiger partial charge in [-0.3, -0.25) is 14.5 Å². The van der Waals surface area contributed by atoms with Gasteiger partial charge < -0.3 is 20.7 Å². The molecule has 10 nitrogen and oxygen atoms in total. The number of pyridine rings is 2. The molecule has 0 unspecified atom stereocenters. The summed E-state index contributed by atoms with van der Waals surface area (Å²) in [5.74, 6) is 0.843. The highest BCUT2D eigenvalue weighted by Crippen LogP contribution is 2.46. The van der Waals surface area contributed by atoms with Crippen LogP contribution in [0.5, 0.6) is 11.6 Å². The number of thiophene rings is 1. The maximum atomic E-state index is 13.5. The number of nitrogens with zero attached hydrogens (tertiary/aromatic N) is 3. The molecule has 2 aliphatic rings. The van der Waals surface area contributed by atoms with Crippen LogP contribution in [-0.4, -0.2) is 39.9 Å². The largest absolute Gasteiger partial charge is 0.439 e. The highest BCUT2D eigenvalue weighted by molar-refractivity contribution is 7.21. The summed E-state index contributed by atoms with van der Waals surface area (Å²) in [6.45, 7) is 3.71. The lowest BCUT2D eigenvalue weighted by Crippen LogP contribution is -2.38. The van der Waals surface area contributed by atoms with E-state index in [2.05, 4.69) is 25.9 Å². The Morgan fingerprint density at radius 2 is 1.88 bits per heavy atom. The number of aromatic nitrogens is 2. The van der Waals surface area contributed by atoms with E-state index in [0.29, 0.717) is 56.6 Å². The number of para-hydroxylation sites is 1. The molecule has 40 heavy (non-hydrogen) atoms. The normalized spacial score (nSPS) is 17.9. The zero-order chi connectivity index (χ0) is 27.8. The number of hydrogen-bond donors (Lipinski definition) is 3. The van der Waals surface area contributed by atoms with Crippen LogP contribution in [-0.2, 0) is 4.79 Å². The van der Waals surface area contributed by atoms with E-state index in [-0.39, 0.29) is 23.9 Å². The van der Waals surface area contributed by atoms with Crippen molar-refractivity contribution in [2.45, 2.75) is 51.6 Å². The first-order chi connectivity index (χ1) is 19.4. The maximum absolute atomic E-state index is 13.5. The second-order valence-corrected chi connectivity index (χ2v) is 10.9. The molecule has 1 saturated carbocycles. The third-order valence-corrected chi connectivity index (χ3v) is 8.27. The van der Waals surface area contributed by atoms with E-state index in [0.717, 1.165) is 18.4 Å². The van der Waals surface area contributed by atoms with Gasteiger partial charge in [-0.25, -0.2) is 14.8 Å². The molecule has 1 aliphatic carbocycles. The monoisotopic (exact) mass is 556 g/mol. The van der Waals surface area contributed by atoms with Crippen LogP contribution in [0.2, 0.25) is 0 Å². The SMILES string of the molecule is CCC(=O)N[C@H]1CC[C@H](NC(=O)c2sc3nccc4c3c2NC(=O)N4c2cnc(Oc3ccccc3)cc2C)C1. The fourth-order valence-corrected chi connectivity index (χ4v) is 6.25. The van der Waals surface area contributed by atoms with Gasteiger partial charge >= 0.3 is 6.03 Å². The lowest BCUT2D eigenvalue weighted by atomic mass is 10.1. The van der Waals surface area contributed by atoms with Crippen LogP contribution < -0.4 is 25.6 Å². The molecular weight excluding hydrogens is 528 g/mol. The van der Waals surface area contributed by atoms with Crippen LogP contribution in [0, 0.1) is 6.92 Å². The first kappa shape index (κ1) is 25.8. The fraction of sp³-hybridized carbons (Fsp3) is 0.276. The summed E-state index contributed by atoms with van der Waals surface area (Å²) in [6, 6.07) is 12.5. The minimum atomic E-state index is -0.391. The van der Waals surface area contributed by atoms with Gasteiger partial charge in [0.05, 0.1) is 28.6 Å². The average Bonchev–Trinajstić information content (AvgIpc) is 3.55. The number of amides is 4. The minimum absolute atomic E-state index is 0.0144. The molecule has 2 atom stereocenters. The average molecular weight is 557 g/mol. The highest BCUT2D eigenvalue weighted by atomic mass is 32.1. The molecule has 0 bridgehead atoms. The van der Waals surface area contributed by atoms with Crippen LogP contribution >= 0.6 is 11.3 Å². The summed E-state index contributed by atoms with van der Waals surface area (Å²) in [7, 11) is 0. The number of carbonyl (C=O) groups is 3. The lowest BCUT2D eigenvalue weighted by Gasteiger charge is -2.29. The van der Waals surface area contributed by atoms with Crippen molar-refractivity contribution in [2.24, 2.45) is 0 Å². The number of aryl methyl sites for hydroxylation is 1. The zero-order valence-corrected chi connectivity index (χ0v) is 22.9. The van der Waals surface area contributed by atoms with Crippen molar-refractivity contribution in [3.05, 3.63) is 65.3 Å². The number of ether oxygens (including phenoxy) is 1. The van der Waals surface area contributed by atoms with Crippen molar-refractivity contribution >= 4 is 56.5 Å². The van der Waals surface area contributed by atoms with E-state index in [4.69, 9.17) is 4.74 Å². The number of nitrogens with one attached hydrogen (secondary N) is 3. The second kappa shape index (κ2) is 10.6. The third kappa shape index (κ3) is 4.84. The van der Waals surface area contributed by atoms with Crippen molar-refractivity contribution in [1.82, 2.24) is 20.6 Å². The molecule has 1 aromatic carbocycles. The Morgan fingerprint density at radius 3 is 2.62 bits per heavy atom. The molecule has 11 heteroatoms. The summed E-state index contributed by atoms with van der Waals surface area (Å²) >= 11 is 1.25. The smallest absolute Gasteiger partial charge is 0.331 e. The summed E-state index contributed by atoms with van der Waals surface area (Å²) in [5, 5.41) is 9.74. The van der Waals surface area contributed by atoms with Gasteiger partial charge in [0.25, 0.3) is 5.91 Å². The Balaban J connectivity index is 1.26. The molecule has 3 aromatic heterocycles. The molecule has 0 spiro atoms. The molecule has 3 N–H and O–H groups in total. The van der Waals surface area contributed by atoms with Crippen molar-refractivity contribution in [2.75, 3.05) is 10.2 Å². The summed E-state index contributed by atoms with van der Waals surface area (Å²) in [6.07, 6.45) is 5.96. The third-order valence-electron chi connectivity index (χ3n) is 7.17. The fourth-order valence-electron chi connectivity index (χ4n) is 5.23. The molecular formula is C29H28N6O4S. The van der Waals surface area contributed by atoms with Gasteiger partial charge in [-0.2, -0.15) is 0 Å². The number of carbonyl (C=O) groups excluding carboxylic acids is 3. The molecule has 1 aliphatic heterocycles. The van der Waals surface area contributed by atoms with Crippen molar-refractivity contribution in [3.63, 3.8) is 0 Å². The van der Waals surface area contributed by atoms with Gasteiger partial charge in [0.2, 0.25) is 11.8 Å². The molecule has 204 valence electrons. The molecule has 4 amide bonds. The number of rotatable bonds is 7. The molecule has 4 heterocycles. The van der Waals surface area contributed by atoms with Gasteiger partial charge in [0.1, 0.15) is 15.5 Å². The van der Waals surface area contributed by atoms with E-state index in [1.54, 1.807) is 29.4 Å². The molecule has 0 radical (unpaired) electrons. The number of anilines is 3. The minimum Gasteiger partial charge on any atom is -0.439 e. The second-order valence-electron chi connectivity index (χ2n) is 9.91. The number of benzene rings is 1. The zero-order valence-electron chi connectivity index (χ0n) is 22.1. The van der Waals surface area contributed by atoms with E-state index in [9.17, 15) is 14.4 Å². The van der Waals surface area contributed by atoms with Gasteiger partial charge in [-0.05, 0) is 49.9 Å². The van der Waals surface area contributed by atoms with E-state index < -0.39 is 6.03 Å². The van der Waals surface area contributed by atoms with Gasteiger partial charge in [-0.15, -0.1) is 11.3 Å². The predicted octanol–water partition coefficient (Wildman–Crippen LogP) is 5.65. The Morgan fingerprint density at radius 1 is 1.10 bits per heavy atom. The highest BCUT2D eigenvalue weighted by Gasteiger charge is 2.35. The van der Waals surface area contributed by atoms with Gasteiger partial charge in [0.15, 0.2) is 0 Å². The number of urea groups is 1. The molecule has 0 saturated heterocycles. The Hall–Kier alpha value is -4.51. The standard InChI is InChI=1S/C29H28N6O4S/c1-3-22(36)32-17-9-10-18(14-17)33-27(37)26-25-24-20(11-12-30-28(24)40-26)35(29(38)34-25)21-15-31-23(13-16(21)2)39-19-7-5-4-6-8-19/h4-8,11-13,15,17-18H,3,9-10,14H2,1-2H3,(H,32,36)(H,33,37)(H,34,38)/t17-,18-/m0/s1. The van der Waals surface area contributed by atoms with Crippen molar-refractivity contribution in [3.8, 4) is 11.6 Å². The molecule has 1 fully saturated rings. The Labute approximate surface area is 234 Å². The van der Waals surface area contributed by atoms with Crippen molar-refractivity contribution < 1.29 is 19.1 Å². The van der Waals surface area contributed by atoms with Crippen LogP contribution in [0.1, 0.15) is 47.8 Å². The van der Waals surface area contributed by atoms with Gasteiger partial charge in [0, 0.05) is 30.8 Å². The van der Waals surface area contributed by atoms with E-state index in [1.807, 2.05) is 44.2 Å². The van der Waals surface area contributed by atoms with Gasteiger partial charge in [-0.1, -0.05) is 25.1 Å². The molecule has 6 rings (SSSR count). The van der Waals surface area contributed by atoms with Crippen LogP contribution in [0.3, 0.4) is 0 Å².